The average Bonchev–Trinajstić information content (AvgIpc) is 2.85. The molecule has 23 heavy (non-hydrogen) atoms. The van der Waals surface area contributed by atoms with Gasteiger partial charge in [-0.15, -0.1) is 24.0 Å². The summed E-state index contributed by atoms with van der Waals surface area (Å²) in [5, 5.41) is 11.6. The number of hydrogen-bond donors (Lipinski definition) is 2. The van der Waals surface area contributed by atoms with Gasteiger partial charge in [-0.2, -0.15) is 5.10 Å². The fraction of sp³-hybridized carbons (Fsp3) is 0.800. The zero-order chi connectivity index (χ0) is 15.4. The zero-order valence-electron chi connectivity index (χ0n) is 13.9. The summed E-state index contributed by atoms with van der Waals surface area (Å²) in [6, 6.07) is 0.944. The van der Waals surface area contributed by atoms with Gasteiger partial charge in [0.2, 0.25) is 0 Å². The molecule has 0 aromatic carbocycles. The number of halogens is 1. The minimum atomic E-state index is 0. The van der Waals surface area contributed by atoms with Crippen molar-refractivity contribution in [1.82, 2.24) is 25.4 Å². The number of nitrogens with zero attached hydrogens (tertiary/aromatic N) is 4. The quantitative estimate of drug-likeness (QED) is 0.417. The summed E-state index contributed by atoms with van der Waals surface area (Å²) in [5.41, 5.74) is 0. The van der Waals surface area contributed by atoms with Crippen LogP contribution < -0.4 is 10.6 Å². The molecule has 0 amide bonds. The lowest BCUT2D eigenvalue weighted by Crippen LogP contribution is -2.51. The van der Waals surface area contributed by atoms with Crippen LogP contribution in [-0.4, -0.2) is 46.5 Å². The molecule has 1 aromatic rings. The van der Waals surface area contributed by atoms with E-state index in [4.69, 9.17) is 4.74 Å². The second-order valence-electron chi connectivity index (χ2n) is 6.03. The molecule has 0 spiro atoms. The highest BCUT2D eigenvalue weighted by Crippen LogP contribution is 2.18. The van der Waals surface area contributed by atoms with E-state index in [9.17, 15) is 0 Å². The van der Waals surface area contributed by atoms with Gasteiger partial charge in [0.05, 0.1) is 6.54 Å². The van der Waals surface area contributed by atoms with E-state index in [0.29, 0.717) is 18.7 Å². The van der Waals surface area contributed by atoms with E-state index in [1.54, 1.807) is 7.11 Å². The molecule has 2 heterocycles. The highest BCUT2D eigenvalue weighted by molar-refractivity contribution is 14.0. The number of rotatable bonds is 5. The first kappa shape index (κ1) is 18.4. The molecule has 0 bridgehead atoms. The Morgan fingerprint density at radius 1 is 1.30 bits per heavy atom. The van der Waals surface area contributed by atoms with E-state index in [0.717, 1.165) is 43.5 Å². The third kappa shape index (κ3) is 4.79. The van der Waals surface area contributed by atoms with E-state index in [-0.39, 0.29) is 24.0 Å². The van der Waals surface area contributed by atoms with Crippen LogP contribution in [0.25, 0.3) is 0 Å². The van der Waals surface area contributed by atoms with Gasteiger partial charge in [0.25, 0.3) is 0 Å². The van der Waals surface area contributed by atoms with Crippen LogP contribution in [0.1, 0.15) is 44.3 Å². The first-order chi connectivity index (χ1) is 10.8. The number of fused-ring (bicyclic) bond motifs is 1. The summed E-state index contributed by atoms with van der Waals surface area (Å²) in [4.78, 5) is 9.07. The van der Waals surface area contributed by atoms with Crippen LogP contribution in [-0.2, 0) is 24.3 Å². The molecule has 1 atom stereocenters. The monoisotopic (exact) mass is 434 g/mol. The van der Waals surface area contributed by atoms with Crippen molar-refractivity contribution in [3.8, 4) is 0 Å². The van der Waals surface area contributed by atoms with Gasteiger partial charge in [0.1, 0.15) is 12.4 Å². The first-order valence-corrected chi connectivity index (χ1v) is 8.27. The van der Waals surface area contributed by atoms with E-state index in [1.807, 2.05) is 4.68 Å². The maximum atomic E-state index is 5.11. The fourth-order valence-corrected chi connectivity index (χ4v) is 2.90. The Bertz CT molecular complexity index is 528. The van der Waals surface area contributed by atoms with E-state index in [1.165, 1.54) is 19.3 Å². The van der Waals surface area contributed by atoms with Gasteiger partial charge in [-0.1, -0.05) is 0 Å². The van der Waals surface area contributed by atoms with Crippen molar-refractivity contribution in [2.24, 2.45) is 4.99 Å². The largest absolute Gasteiger partial charge is 0.377 e. The standard InChI is InChI=1S/C15H26N6O.HI/c1-3-16-15(17-11-5-4-6-11)18-12-7-8-14-19-13(10-22-2)20-21(14)9-12;/h11-12H,3-10H2,1-2H3,(H2,16,17,18);1H. The van der Waals surface area contributed by atoms with Crippen LogP contribution in [0, 0.1) is 0 Å². The highest BCUT2D eigenvalue weighted by Gasteiger charge is 2.24. The van der Waals surface area contributed by atoms with Crippen LogP contribution in [0.4, 0.5) is 0 Å². The summed E-state index contributed by atoms with van der Waals surface area (Å²) in [6.07, 6.45) is 5.83. The number of guanidine groups is 1. The Balaban J connectivity index is 0.00000192. The smallest absolute Gasteiger partial charge is 0.191 e. The molecule has 1 fully saturated rings. The van der Waals surface area contributed by atoms with Gasteiger partial charge in [-0.05, 0) is 32.6 Å². The second kappa shape index (κ2) is 8.81. The lowest BCUT2D eigenvalue weighted by molar-refractivity contribution is 0.177. The Morgan fingerprint density at radius 2 is 2.09 bits per heavy atom. The predicted octanol–water partition coefficient (Wildman–Crippen LogP) is 1.46. The van der Waals surface area contributed by atoms with Crippen molar-refractivity contribution in [1.29, 1.82) is 0 Å². The van der Waals surface area contributed by atoms with Gasteiger partial charge >= 0.3 is 0 Å². The third-order valence-corrected chi connectivity index (χ3v) is 4.28. The number of methoxy groups -OCH3 is 1. The van der Waals surface area contributed by atoms with Gasteiger partial charge in [0.15, 0.2) is 11.8 Å². The van der Waals surface area contributed by atoms with E-state index in [2.05, 4.69) is 32.6 Å². The molecular formula is C15H27IN6O. The van der Waals surface area contributed by atoms with Crippen molar-refractivity contribution >= 4 is 29.9 Å². The number of ether oxygens (including phenoxy) is 1. The SMILES string of the molecule is CCN=C(NC1CCC1)NC1CCc2nc(COC)nn2C1.I. The van der Waals surface area contributed by atoms with Crippen molar-refractivity contribution in [3.05, 3.63) is 11.6 Å². The van der Waals surface area contributed by atoms with Gasteiger partial charge in [0, 0.05) is 32.2 Å². The lowest BCUT2D eigenvalue weighted by atomic mass is 9.93. The van der Waals surface area contributed by atoms with Crippen LogP contribution in [0.5, 0.6) is 0 Å². The van der Waals surface area contributed by atoms with E-state index >= 15 is 0 Å². The van der Waals surface area contributed by atoms with Gasteiger partial charge in [-0.3, -0.25) is 4.99 Å². The molecule has 1 saturated carbocycles. The number of hydrogen-bond acceptors (Lipinski definition) is 4. The summed E-state index contributed by atoms with van der Waals surface area (Å²) >= 11 is 0. The minimum Gasteiger partial charge on any atom is -0.377 e. The third-order valence-electron chi connectivity index (χ3n) is 4.28. The van der Waals surface area contributed by atoms with E-state index < -0.39 is 0 Å². The first-order valence-electron chi connectivity index (χ1n) is 8.27. The molecule has 7 nitrogen and oxygen atoms in total. The van der Waals surface area contributed by atoms with Crippen molar-refractivity contribution < 1.29 is 4.74 Å². The lowest BCUT2D eigenvalue weighted by Gasteiger charge is -2.31. The summed E-state index contributed by atoms with van der Waals surface area (Å²) in [6.45, 7) is 4.17. The molecule has 3 rings (SSSR count). The Kier molecular flexibility index (Phi) is 7.07. The fourth-order valence-electron chi connectivity index (χ4n) is 2.90. The van der Waals surface area contributed by atoms with Crippen LogP contribution in [0.2, 0.25) is 0 Å². The van der Waals surface area contributed by atoms with Crippen LogP contribution in [0.3, 0.4) is 0 Å². The highest BCUT2D eigenvalue weighted by atomic mass is 127. The Labute approximate surface area is 154 Å². The average molecular weight is 434 g/mol. The molecule has 2 aliphatic rings. The Hall–Kier alpha value is -0.900. The van der Waals surface area contributed by atoms with Gasteiger partial charge in [-0.25, -0.2) is 9.67 Å². The maximum absolute atomic E-state index is 5.11. The number of nitrogens with one attached hydrogen (secondary N) is 2. The van der Waals surface area contributed by atoms with Crippen LogP contribution in [0.15, 0.2) is 4.99 Å². The molecule has 2 N–H and O–H groups in total. The maximum Gasteiger partial charge on any atom is 0.191 e. The molecule has 1 aromatic heterocycles. The van der Waals surface area contributed by atoms with Crippen LogP contribution >= 0.6 is 24.0 Å². The second-order valence-corrected chi connectivity index (χ2v) is 6.03. The summed E-state index contributed by atoms with van der Waals surface area (Å²) in [7, 11) is 1.67. The molecule has 1 aliphatic carbocycles. The molecule has 130 valence electrons. The summed E-state index contributed by atoms with van der Waals surface area (Å²) in [5.74, 6) is 2.78. The van der Waals surface area contributed by atoms with Crippen molar-refractivity contribution in [2.45, 2.75) is 64.3 Å². The number of aromatic nitrogens is 3. The molecule has 1 unspecified atom stereocenters. The normalized spacial score (nSPS) is 21.1. The molecule has 1 aliphatic heterocycles. The molecule has 0 saturated heterocycles. The van der Waals surface area contributed by atoms with Crippen molar-refractivity contribution in [3.63, 3.8) is 0 Å². The Morgan fingerprint density at radius 3 is 2.74 bits per heavy atom. The zero-order valence-corrected chi connectivity index (χ0v) is 16.2. The number of aliphatic imine (C=N–C) groups is 1. The summed E-state index contributed by atoms with van der Waals surface area (Å²) < 4.78 is 7.11. The molecular weight excluding hydrogens is 407 g/mol. The molecule has 0 radical (unpaired) electrons. The minimum absolute atomic E-state index is 0. The van der Waals surface area contributed by atoms with Gasteiger partial charge < -0.3 is 15.4 Å². The van der Waals surface area contributed by atoms with Crippen molar-refractivity contribution in [2.75, 3.05) is 13.7 Å². The predicted molar refractivity (Wildman–Crippen MR) is 100 cm³/mol. The topological polar surface area (TPSA) is 76.4 Å². The molecule has 8 heteroatoms. The number of aryl methyl sites for hydroxylation is 1.